The van der Waals surface area contributed by atoms with Crippen molar-refractivity contribution in [2.24, 2.45) is 0 Å². The summed E-state index contributed by atoms with van der Waals surface area (Å²) < 4.78 is 11.0. The highest BCUT2D eigenvalue weighted by atomic mass is 17.3. The van der Waals surface area contributed by atoms with Gasteiger partial charge in [0.15, 0.2) is 0 Å². The summed E-state index contributed by atoms with van der Waals surface area (Å²) >= 11 is 0. The maximum absolute atomic E-state index is 12.2. The number of rotatable bonds is 12. The molecular formula is C24H28O8. The van der Waals surface area contributed by atoms with Gasteiger partial charge in [-0.1, -0.05) is 6.92 Å². The van der Waals surface area contributed by atoms with Crippen molar-refractivity contribution < 1.29 is 38.6 Å². The molecular weight excluding hydrogens is 416 g/mol. The first-order chi connectivity index (χ1) is 15.3. The number of carbonyl (C=O) groups excluding carboxylic acids is 2. The van der Waals surface area contributed by atoms with Crippen molar-refractivity contribution in [2.45, 2.75) is 52.7 Å². The molecule has 0 saturated carbocycles. The predicted molar refractivity (Wildman–Crippen MR) is 115 cm³/mol. The molecule has 0 atom stereocenters. The molecule has 0 heterocycles. The first kappa shape index (κ1) is 25.2. The first-order valence-electron chi connectivity index (χ1n) is 10.2. The van der Waals surface area contributed by atoms with E-state index in [1.54, 1.807) is 24.3 Å². The summed E-state index contributed by atoms with van der Waals surface area (Å²) in [5.74, 6) is -0.252. The Morgan fingerprint density at radius 2 is 1.06 bits per heavy atom. The van der Waals surface area contributed by atoms with Crippen molar-refractivity contribution in [3.05, 3.63) is 72.9 Å². The third kappa shape index (κ3) is 8.56. The third-order valence-corrected chi connectivity index (χ3v) is 3.73. The van der Waals surface area contributed by atoms with E-state index in [0.29, 0.717) is 17.9 Å². The number of hydrogen-bond donors (Lipinski definition) is 0. The Labute approximate surface area is 188 Å². The normalized spacial score (nSPS) is 11.0. The summed E-state index contributed by atoms with van der Waals surface area (Å²) in [6.07, 6.45) is 0.306. The van der Waals surface area contributed by atoms with Crippen LogP contribution in [0.25, 0.3) is 0 Å². The molecule has 0 fully saturated rings. The molecule has 0 aliphatic heterocycles. The van der Waals surface area contributed by atoms with E-state index in [4.69, 9.17) is 29.0 Å². The molecule has 2 radical (unpaired) electrons. The summed E-state index contributed by atoms with van der Waals surface area (Å²) in [6, 6.07) is 12.7. The van der Waals surface area contributed by atoms with Crippen molar-refractivity contribution in [1.29, 1.82) is 0 Å². The van der Waals surface area contributed by atoms with Gasteiger partial charge >= 0.3 is 18.2 Å². The van der Waals surface area contributed by atoms with Crippen molar-refractivity contribution in [2.75, 3.05) is 0 Å². The predicted octanol–water partition coefficient (Wildman–Crippen LogP) is 5.24. The lowest BCUT2D eigenvalue weighted by molar-refractivity contribution is -0.363. The van der Waals surface area contributed by atoms with Gasteiger partial charge < -0.3 is 9.47 Å². The largest absolute Gasteiger partial charge is 0.491 e. The Bertz CT molecular complexity index is 774. The van der Waals surface area contributed by atoms with E-state index < -0.39 is 11.9 Å². The van der Waals surface area contributed by atoms with Gasteiger partial charge in [-0.05, 0) is 82.6 Å². The minimum atomic E-state index is -0.752. The van der Waals surface area contributed by atoms with E-state index in [9.17, 15) is 9.59 Å². The molecule has 0 N–H and O–H groups in total. The fraction of sp³-hybridized carbons (Fsp3) is 0.333. The second kappa shape index (κ2) is 12.7. The van der Waals surface area contributed by atoms with E-state index in [-0.39, 0.29) is 36.0 Å². The Kier molecular flexibility index (Phi) is 9.97. The highest BCUT2D eigenvalue weighted by Crippen LogP contribution is 2.19. The summed E-state index contributed by atoms with van der Waals surface area (Å²) in [5, 5.41) is 0. The molecule has 0 aliphatic carbocycles. The number of carbonyl (C=O) groups is 2. The van der Waals surface area contributed by atoms with Crippen molar-refractivity contribution in [1.82, 2.24) is 0 Å². The molecule has 0 aliphatic rings. The van der Waals surface area contributed by atoms with Gasteiger partial charge in [-0.3, -0.25) is 9.78 Å². The fourth-order valence-corrected chi connectivity index (χ4v) is 2.39. The molecule has 0 amide bonds. The number of ether oxygens (including phenoxy) is 2. The zero-order valence-corrected chi connectivity index (χ0v) is 18.7. The van der Waals surface area contributed by atoms with Crippen molar-refractivity contribution in [3.63, 3.8) is 0 Å². The SMILES string of the molecule is [CH2]CC[C](OOC(=O)c1ccc(OC(C)C)cc1)OOC(=O)c1ccc(OC(C)C)cc1. The molecule has 8 heteroatoms. The second-order valence-corrected chi connectivity index (χ2v) is 7.27. The highest BCUT2D eigenvalue weighted by Gasteiger charge is 2.21. The van der Waals surface area contributed by atoms with Crippen LogP contribution in [0.1, 0.15) is 61.3 Å². The molecule has 0 saturated heterocycles. The standard InChI is InChI=1S/C24H28O8/c1-6-7-22(29-31-23(25)18-8-12-20(13-9-18)27-16(2)3)30-32-24(26)19-10-14-21(15-11-19)28-17(4)5/h8-17H,1,6-7H2,2-5H3. The van der Waals surface area contributed by atoms with Gasteiger partial charge in [-0.2, -0.15) is 0 Å². The molecule has 2 aromatic rings. The van der Waals surface area contributed by atoms with Gasteiger partial charge in [0.1, 0.15) is 11.5 Å². The van der Waals surface area contributed by atoms with Crippen LogP contribution in [0.4, 0.5) is 0 Å². The van der Waals surface area contributed by atoms with E-state index in [2.05, 4.69) is 6.92 Å². The third-order valence-electron chi connectivity index (χ3n) is 3.73. The van der Waals surface area contributed by atoms with Crippen LogP contribution < -0.4 is 9.47 Å². The molecule has 172 valence electrons. The minimum absolute atomic E-state index is 0.0158. The van der Waals surface area contributed by atoms with Crippen LogP contribution in [-0.4, -0.2) is 24.1 Å². The van der Waals surface area contributed by atoms with Gasteiger partial charge in [0.25, 0.3) is 0 Å². The van der Waals surface area contributed by atoms with Crippen LogP contribution in [0.15, 0.2) is 48.5 Å². The van der Waals surface area contributed by atoms with Crippen LogP contribution in [0.2, 0.25) is 0 Å². The number of benzene rings is 2. The average Bonchev–Trinajstić information content (AvgIpc) is 2.75. The maximum Gasteiger partial charge on any atom is 0.373 e. The molecule has 2 rings (SSSR count). The lowest BCUT2D eigenvalue weighted by atomic mass is 10.2. The molecule has 0 spiro atoms. The molecule has 0 unspecified atom stereocenters. The summed E-state index contributed by atoms with van der Waals surface area (Å²) in [7, 11) is 0. The Hall–Kier alpha value is -3.10. The molecule has 8 nitrogen and oxygen atoms in total. The highest BCUT2D eigenvalue weighted by molar-refractivity contribution is 5.89. The molecule has 0 bridgehead atoms. The summed E-state index contributed by atoms with van der Waals surface area (Å²) in [6.45, 7) is 11.3. The lowest BCUT2D eigenvalue weighted by Gasteiger charge is -2.13. The van der Waals surface area contributed by atoms with Crippen LogP contribution in [0, 0.1) is 13.2 Å². The van der Waals surface area contributed by atoms with E-state index in [0.717, 1.165) is 0 Å². The fourth-order valence-electron chi connectivity index (χ4n) is 2.39. The van der Waals surface area contributed by atoms with Crippen LogP contribution in [0.3, 0.4) is 0 Å². The Morgan fingerprint density at radius 1 is 0.688 bits per heavy atom. The summed E-state index contributed by atoms with van der Waals surface area (Å²) in [4.78, 5) is 43.7. The number of hydrogen-bond acceptors (Lipinski definition) is 8. The average molecular weight is 444 g/mol. The lowest BCUT2D eigenvalue weighted by Crippen LogP contribution is -2.16. The molecule has 32 heavy (non-hydrogen) atoms. The van der Waals surface area contributed by atoms with Gasteiger partial charge in [-0.25, -0.2) is 9.59 Å². The smallest absolute Gasteiger partial charge is 0.373 e. The van der Waals surface area contributed by atoms with Gasteiger partial charge in [0.2, 0.25) is 0 Å². The summed E-state index contributed by atoms with van der Waals surface area (Å²) in [5.41, 5.74) is 0.492. The van der Waals surface area contributed by atoms with Gasteiger partial charge in [0.05, 0.1) is 23.3 Å². The van der Waals surface area contributed by atoms with Gasteiger partial charge in [-0.15, -0.1) is 9.78 Å². The van der Waals surface area contributed by atoms with Crippen molar-refractivity contribution in [3.8, 4) is 11.5 Å². The Morgan fingerprint density at radius 3 is 1.38 bits per heavy atom. The first-order valence-corrected chi connectivity index (χ1v) is 10.2. The van der Waals surface area contributed by atoms with Crippen molar-refractivity contribution >= 4 is 11.9 Å². The van der Waals surface area contributed by atoms with Gasteiger partial charge in [0, 0.05) is 6.42 Å². The topological polar surface area (TPSA) is 89.5 Å². The molecule has 0 aromatic heterocycles. The van der Waals surface area contributed by atoms with Crippen LogP contribution in [-0.2, 0) is 19.6 Å². The maximum atomic E-state index is 12.2. The second-order valence-electron chi connectivity index (χ2n) is 7.27. The quantitative estimate of drug-likeness (QED) is 0.324. The van der Waals surface area contributed by atoms with Crippen LogP contribution in [0.5, 0.6) is 11.5 Å². The monoisotopic (exact) mass is 444 g/mol. The zero-order chi connectivity index (χ0) is 23.5. The zero-order valence-electron chi connectivity index (χ0n) is 18.7. The van der Waals surface area contributed by atoms with E-state index in [1.807, 2.05) is 27.7 Å². The van der Waals surface area contributed by atoms with E-state index in [1.165, 1.54) is 24.3 Å². The Balaban J connectivity index is 1.85. The van der Waals surface area contributed by atoms with Crippen LogP contribution >= 0.6 is 0 Å². The minimum Gasteiger partial charge on any atom is -0.491 e. The van der Waals surface area contributed by atoms with E-state index >= 15 is 0 Å². The molecule has 2 aromatic carbocycles.